The first-order chi connectivity index (χ1) is 32.5. The quantitative estimate of drug-likeness (QED) is 0.0199. The van der Waals surface area contributed by atoms with Crippen molar-refractivity contribution >= 4 is 17.9 Å². The second-order valence-electron chi connectivity index (χ2n) is 16.3. The summed E-state index contributed by atoms with van der Waals surface area (Å²) in [6.07, 6.45) is 76.5. The summed E-state index contributed by atoms with van der Waals surface area (Å²) in [6.45, 7) is 6.22. The van der Waals surface area contributed by atoms with Crippen molar-refractivity contribution < 1.29 is 28.6 Å². The van der Waals surface area contributed by atoms with Gasteiger partial charge in [-0.15, -0.1) is 0 Å². The Bertz CT molecular complexity index is 1560. The largest absolute Gasteiger partial charge is 0.462 e. The van der Waals surface area contributed by atoms with Crippen LogP contribution >= 0.6 is 0 Å². The van der Waals surface area contributed by atoms with E-state index in [-0.39, 0.29) is 44.0 Å². The molecule has 0 N–H and O–H groups in total. The van der Waals surface area contributed by atoms with Crippen molar-refractivity contribution in [1.82, 2.24) is 0 Å². The molecule has 0 bridgehead atoms. The summed E-state index contributed by atoms with van der Waals surface area (Å²) in [5, 5.41) is 0. The van der Waals surface area contributed by atoms with E-state index in [4.69, 9.17) is 14.2 Å². The summed E-state index contributed by atoms with van der Waals surface area (Å²) in [5.41, 5.74) is 0. The zero-order valence-electron chi connectivity index (χ0n) is 41.6. The van der Waals surface area contributed by atoms with E-state index >= 15 is 0 Å². The van der Waals surface area contributed by atoms with Gasteiger partial charge in [-0.2, -0.15) is 0 Å². The first-order valence-corrected chi connectivity index (χ1v) is 25.7. The highest BCUT2D eigenvalue weighted by atomic mass is 16.6. The number of esters is 3. The van der Waals surface area contributed by atoms with Crippen LogP contribution < -0.4 is 0 Å². The highest BCUT2D eigenvalue weighted by Gasteiger charge is 2.19. The zero-order valence-corrected chi connectivity index (χ0v) is 41.6. The molecule has 0 aliphatic heterocycles. The van der Waals surface area contributed by atoms with E-state index in [1.807, 2.05) is 122 Å². The molecule has 0 radical (unpaired) electrons. The van der Waals surface area contributed by atoms with E-state index < -0.39 is 6.10 Å². The van der Waals surface area contributed by atoms with Crippen molar-refractivity contribution in [2.45, 2.75) is 187 Å². The van der Waals surface area contributed by atoms with Gasteiger partial charge in [-0.1, -0.05) is 237 Å². The average Bonchev–Trinajstić information content (AvgIpc) is 3.31. The Morgan fingerprint density at radius 3 is 0.970 bits per heavy atom. The maximum Gasteiger partial charge on any atom is 0.306 e. The summed E-state index contributed by atoms with van der Waals surface area (Å²) >= 11 is 0. The van der Waals surface area contributed by atoms with Gasteiger partial charge in [-0.05, 0) is 83.5 Å². The van der Waals surface area contributed by atoms with Gasteiger partial charge in [0.05, 0.1) is 0 Å². The first-order valence-electron chi connectivity index (χ1n) is 25.7. The summed E-state index contributed by atoms with van der Waals surface area (Å²) in [6, 6.07) is 0. The van der Waals surface area contributed by atoms with Crippen LogP contribution in [0.4, 0.5) is 0 Å². The van der Waals surface area contributed by atoms with E-state index in [0.717, 1.165) is 83.5 Å². The zero-order chi connectivity index (χ0) is 47.9. The van der Waals surface area contributed by atoms with Gasteiger partial charge in [0, 0.05) is 19.3 Å². The molecule has 0 fully saturated rings. The van der Waals surface area contributed by atoms with E-state index in [9.17, 15) is 14.4 Å². The van der Waals surface area contributed by atoms with Crippen molar-refractivity contribution in [3.8, 4) is 0 Å². The SMILES string of the molecule is CC\C=C/C=C\C=C/C=C\C=C/CCCCCC(=O)OC(COC(=O)CCCCC\C=C/C=C\C=C\C=C/C=C\C=C/C=C\CC)COC(=O)CCCCC/C=C\CCCCCCCCC. The Morgan fingerprint density at radius 1 is 0.318 bits per heavy atom. The monoisotopic (exact) mass is 907 g/mol. The molecule has 0 spiro atoms. The van der Waals surface area contributed by atoms with Crippen LogP contribution in [-0.4, -0.2) is 37.2 Å². The van der Waals surface area contributed by atoms with Crippen LogP contribution in [0.3, 0.4) is 0 Å². The molecule has 0 amide bonds. The molecular weight excluding hydrogens is 817 g/mol. The van der Waals surface area contributed by atoms with Crippen LogP contribution in [0.1, 0.15) is 181 Å². The minimum absolute atomic E-state index is 0.126. The lowest BCUT2D eigenvalue weighted by Crippen LogP contribution is -2.30. The van der Waals surface area contributed by atoms with Gasteiger partial charge in [0.1, 0.15) is 13.2 Å². The lowest BCUT2D eigenvalue weighted by molar-refractivity contribution is -0.167. The van der Waals surface area contributed by atoms with Gasteiger partial charge < -0.3 is 14.2 Å². The van der Waals surface area contributed by atoms with Crippen molar-refractivity contribution in [2.75, 3.05) is 13.2 Å². The molecule has 0 rings (SSSR count). The third-order valence-corrected chi connectivity index (χ3v) is 10.1. The fourth-order valence-corrected chi connectivity index (χ4v) is 6.26. The smallest absolute Gasteiger partial charge is 0.306 e. The van der Waals surface area contributed by atoms with Crippen LogP contribution in [0, 0.1) is 0 Å². The van der Waals surface area contributed by atoms with Crippen LogP contribution in [0.5, 0.6) is 0 Å². The Morgan fingerprint density at radius 2 is 0.606 bits per heavy atom. The second-order valence-corrected chi connectivity index (χ2v) is 16.3. The van der Waals surface area contributed by atoms with E-state index in [2.05, 4.69) is 57.2 Å². The van der Waals surface area contributed by atoms with Crippen molar-refractivity contribution in [3.05, 3.63) is 158 Å². The molecule has 6 heteroatoms. The molecule has 0 aromatic rings. The van der Waals surface area contributed by atoms with Gasteiger partial charge in [0.25, 0.3) is 0 Å². The normalized spacial score (nSPS) is 13.4. The predicted molar refractivity (Wildman–Crippen MR) is 283 cm³/mol. The molecule has 66 heavy (non-hydrogen) atoms. The second kappa shape index (κ2) is 52.7. The van der Waals surface area contributed by atoms with Gasteiger partial charge in [0.15, 0.2) is 6.10 Å². The summed E-state index contributed by atoms with van der Waals surface area (Å²) in [4.78, 5) is 38.0. The van der Waals surface area contributed by atoms with Gasteiger partial charge in [0.2, 0.25) is 0 Å². The van der Waals surface area contributed by atoms with E-state index in [1.54, 1.807) is 0 Å². The fraction of sp³-hybridized carbons (Fsp3) is 0.517. The van der Waals surface area contributed by atoms with E-state index in [0.29, 0.717) is 19.3 Å². The predicted octanol–water partition coefficient (Wildman–Crippen LogP) is 17.0. The maximum atomic E-state index is 12.8. The molecule has 0 aromatic heterocycles. The van der Waals surface area contributed by atoms with Gasteiger partial charge in [-0.3, -0.25) is 14.4 Å². The Balaban J connectivity index is 4.63. The number of ether oxygens (including phenoxy) is 3. The average molecular weight is 907 g/mol. The van der Waals surface area contributed by atoms with Crippen LogP contribution in [-0.2, 0) is 28.6 Å². The number of carbonyl (C=O) groups is 3. The summed E-state index contributed by atoms with van der Waals surface area (Å²) < 4.78 is 16.7. The molecule has 0 aliphatic rings. The standard InChI is InChI=1S/C60H90O6/c1-4-7-10-13-16-19-22-25-28-29-30-31-33-35-38-41-44-47-50-53-59(62)65-56-57(55-64-58(61)52-49-46-43-40-37-34-27-24-21-18-15-12-9-6-3)66-60(63)54-51-48-45-42-39-36-32-26-23-20-17-14-11-8-5-2/h7-8,10-11,13-14,16-17,19-20,22-23,25-26,28-39,57H,4-6,9,12,15,18,21,24,27,40-56H2,1-3H3/b10-7-,11-8-,16-13-,17-14-,22-19-,23-20-,28-25-,30-29+,32-26-,33-31-,37-34-,38-35-,39-36-. The number of unbranched alkanes of at least 4 members (excludes halogenated alkanes) is 16. The minimum atomic E-state index is -0.833. The number of allylic oxidation sites excluding steroid dienone is 26. The van der Waals surface area contributed by atoms with Crippen LogP contribution in [0.15, 0.2) is 158 Å². The number of carbonyl (C=O) groups excluding carboxylic acids is 3. The highest BCUT2D eigenvalue weighted by Crippen LogP contribution is 2.12. The topological polar surface area (TPSA) is 78.9 Å². The Kier molecular flexibility index (Phi) is 48.7. The van der Waals surface area contributed by atoms with Gasteiger partial charge in [-0.25, -0.2) is 0 Å². The maximum absolute atomic E-state index is 12.8. The molecule has 0 aliphatic carbocycles. The summed E-state index contributed by atoms with van der Waals surface area (Å²) in [5.74, 6) is -1.04. The van der Waals surface area contributed by atoms with Crippen molar-refractivity contribution in [1.29, 1.82) is 0 Å². The van der Waals surface area contributed by atoms with E-state index in [1.165, 1.54) is 44.9 Å². The lowest BCUT2D eigenvalue weighted by atomic mass is 10.1. The molecule has 6 nitrogen and oxygen atoms in total. The van der Waals surface area contributed by atoms with Crippen molar-refractivity contribution in [2.24, 2.45) is 0 Å². The molecule has 1 atom stereocenters. The molecule has 0 aromatic carbocycles. The molecule has 366 valence electrons. The molecular formula is C60H90O6. The third kappa shape index (κ3) is 50.0. The first kappa shape index (κ1) is 61.0. The van der Waals surface area contributed by atoms with Gasteiger partial charge >= 0.3 is 17.9 Å². The van der Waals surface area contributed by atoms with Crippen LogP contribution in [0.25, 0.3) is 0 Å². The molecule has 0 heterocycles. The molecule has 0 saturated heterocycles. The third-order valence-electron chi connectivity index (χ3n) is 10.1. The number of hydrogen-bond donors (Lipinski definition) is 0. The Labute approximate surface area is 403 Å². The number of hydrogen-bond acceptors (Lipinski definition) is 6. The molecule has 0 saturated carbocycles. The lowest BCUT2D eigenvalue weighted by Gasteiger charge is -2.18. The fourth-order valence-electron chi connectivity index (χ4n) is 6.26. The summed E-state index contributed by atoms with van der Waals surface area (Å²) in [7, 11) is 0. The molecule has 1 unspecified atom stereocenters. The highest BCUT2D eigenvalue weighted by molar-refractivity contribution is 5.71. The Hall–Kier alpha value is -4.97. The minimum Gasteiger partial charge on any atom is -0.462 e. The van der Waals surface area contributed by atoms with Crippen LogP contribution in [0.2, 0.25) is 0 Å². The van der Waals surface area contributed by atoms with Crippen molar-refractivity contribution in [3.63, 3.8) is 0 Å². The number of rotatable bonds is 43.